The van der Waals surface area contributed by atoms with Crippen LogP contribution in [-0.2, 0) is 4.79 Å². The third kappa shape index (κ3) is 2.25. The Hall–Kier alpha value is -1.74. The largest absolute Gasteiger partial charge is 0.480 e. The highest BCUT2D eigenvalue weighted by atomic mass is 35.5. The van der Waals surface area contributed by atoms with Crippen molar-refractivity contribution >= 4 is 28.3 Å². The van der Waals surface area contributed by atoms with Gasteiger partial charge in [0.2, 0.25) is 0 Å². The molecule has 0 heterocycles. The molecule has 2 rings (SSSR count). The average Bonchev–Trinajstić information content (AvgIpc) is 2.26. The summed E-state index contributed by atoms with van der Waals surface area (Å²) in [7, 11) is 0. The molecule has 0 aliphatic carbocycles. The van der Waals surface area contributed by atoms with E-state index >= 15 is 0 Å². The Morgan fingerprint density at radius 2 is 1.88 bits per heavy atom. The van der Waals surface area contributed by atoms with E-state index in [1.54, 1.807) is 12.1 Å². The Morgan fingerprint density at radius 1 is 1.25 bits per heavy atom. The van der Waals surface area contributed by atoms with Crippen molar-refractivity contribution in [1.82, 2.24) is 0 Å². The second-order valence-corrected chi connectivity index (χ2v) is 3.72. The monoisotopic (exact) mass is 236 g/mol. The molecule has 0 aliphatic heterocycles. The van der Waals surface area contributed by atoms with Gasteiger partial charge in [-0.25, -0.2) is 4.79 Å². The molecule has 0 amide bonds. The molecule has 0 unspecified atom stereocenters. The zero-order valence-electron chi connectivity index (χ0n) is 8.31. The highest BCUT2D eigenvalue weighted by molar-refractivity contribution is 6.32. The molecule has 0 saturated heterocycles. The summed E-state index contributed by atoms with van der Waals surface area (Å²) in [5, 5.41) is 10.9. The number of hydrogen-bond donors (Lipinski definition) is 1. The number of halogens is 1. The van der Waals surface area contributed by atoms with E-state index in [4.69, 9.17) is 21.4 Å². The fourth-order valence-corrected chi connectivity index (χ4v) is 1.67. The molecular formula is C12H9ClO3. The van der Waals surface area contributed by atoms with Gasteiger partial charge in [-0.1, -0.05) is 35.9 Å². The summed E-state index contributed by atoms with van der Waals surface area (Å²) in [6.07, 6.45) is 0. The number of carboxylic acids is 1. The van der Waals surface area contributed by atoms with Gasteiger partial charge in [0.25, 0.3) is 0 Å². The summed E-state index contributed by atoms with van der Waals surface area (Å²) < 4.78 is 5.07. The Morgan fingerprint density at radius 3 is 2.50 bits per heavy atom. The van der Waals surface area contributed by atoms with Crippen molar-refractivity contribution in [2.24, 2.45) is 0 Å². The molecule has 0 bridgehead atoms. The predicted octanol–water partition coefficient (Wildman–Crippen LogP) is 2.96. The molecule has 0 fully saturated rings. The first kappa shape index (κ1) is 10.8. The molecule has 16 heavy (non-hydrogen) atoms. The van der Waals surface area contributed by atoms with Crippen LogP contribution in [0.15, 0.2) is 36.4 Å². The Labute approximate surface area is 97.2 Å². The molecule has 0 radical (unpaired) electrons. The Kier molecular flexibility index (Phi) is 2.97. The summed E-state index contributed by atoms with van der Waals surface area (Å²) in [4.78, 5) is 10.4. The molecule has 2 aromatic rings. The first-order valence-electron chi connectivity index (χ1n) is 4.70. The summed E-state index contributed by atoms with van der Waals surface area (Å²) >= 11 is 5.97. The van der Waals surface area contributed by atoms with Gasteiger partial charge in [-0.3, -0.25) is 0 Å². The zero-order chi connectivity index (χ0) is 11.5. The van der Waals surface area contributed by atoms with Gasteiger partial charge in [-0.15, -0.1) is 0 Å². The highest BCUT2D eigenvalue weighted by Crippen LogP contribution is 2.29. The van der Waals surface area contributed by atoms with Crippen molar-refractivity contribution in [3.05, 3.63) is 41.4 Å². The maximum Gasteiger partial charge on any atom is 0.341 e. The molecular weight excluding hydrogens is 228 g/mol. The van der Waals surface area contributed by atoms with Crippen LogP contribution in [0.2, 0.25) is 5.02 Å². The summed E-state index contributed by atoms with van der Waals surface area (Å²) in [5.74, 6) is -0.632. The summed E-state index contributed by atoms with van der Waals surface area (Å²) in [6.45, 7) is -0.391. The number of carbonyl (C=O) groups is 1. The van der Waals surface area contributed by atoms with Crippen molar-refractivity contribution in [3.8, 4) is 5.75 Å². The second kappa shape index (κ2) is 4.41. The van der Waals surface area contributed by atoms with Gasteiger partial charge in [0.1, 0.15) is 5.75 Å². The maximum atomic E-state index is 10.4. The molecule has 0 aliphatic rings. The minimum absolute atomic E-state index is 0.391. The van der Waals surface area contributed by atoms with Crippen LogP contribution >= 0.6 is 11.6 Å². The minimum Gasteiger partial charge on any atom is -0.480 e. The Bertz CT molecular complexity index is 537. The number of aliphatic carboxylic acids is 1. The molecule has 3 nitrogen and oxygen atoms in total. The van der Waals surface area contributed by atoms with Crippen LogP contribution < -0.4 is 4.74 Å². The van der Waals surface area contributed by atoms with E-state index in [2.05, 4.69) is 0 Å². The highest BCUT2D eigenvalue weighted by Gasteiger charge is 2.06. The standard InChI is InChI=1S/C12H9ClO3/c13-10-5-8-3-1-2-4-9(8)6-11(10)16-7-12(14)15/h1-6H,7H2,(H,14,15). The normalized spacial score (nSPS) is 10.3. The molecule has 0 atom stereocenters. The number of carboxylic acid groups (broad SMARTS) is 1. The van der Waals surface area contributed by atoms with E-state index in [1.165, 1.54) is 0 Å². The molecule has 1 N–H and O–H groups in total. The second-order valence-electron chi connectivity index (χ2n) is 3.31. The molecule has 0 spiro atoms. The third-order valence-corrected chi connectivity index (χ3v) is 2.45. The van der Waals surface area contributed by atoms with Crippen LogP contribution in [0.25, 0.3) is 10.8 Å². The summed E-state index contributed by atoms with van der Waals surface area (Å²) in [5.41, 5.74) is 0. The lowest BCUT2D eigenvalue weighted by Gasteiger charge is -2.07. The lowest BCUT2D eigenvalue weighted by atomic mass is 10.1. The quantitative estimate of drug-likeness (QED) is 0.891. The van der Waals surface area contributed by atoms with E-state index in [0.29, 0.717) is 10.8 Å². The number of rotatable bonds is 3. The van der Waals surface area contributed by atoms with Crippen molar-refractivity contribution in [2.75, 3.05) is 6.61 Å². The van der Waals surface area contributed by atoms with Gasteiger partial charge in [-0.05, 0) is 22.9 Å². The van der Waals surface area contributed by atoms with Crippen molar-refractivity contribution in [2.45, 2.75) is 0 Å². The Balaban J connectivity index is 2.38. The van der Waals surface area contributed by atoms with E-state index in [1.807, 2.05) is 24.3 Å². The first-order valence-corrected chi connectivity index (χ1v) is 5.07. The van der Waals surface area contributed by atoms with Crippen LogP contribution in [0.4, 0.5) is 0 Å². The first-order chi connectivity index (χ1) is 7.66. The number of benzene rings is 2. The molecule has 0 aromatic heterocycles. The van der Waals surface area contributed by atoms with Crippen LogP contribution in [0.1, 0.15) is 0 Å². The van der Waals surface area contributed by atoms with Crippen molar-refractivity contribution in [1.29, 1.82) is 0 Å². The fourth-order valence-electron chi connectivity index (χ4n) is 1.44. The third-order valence-electron chi connectivity index (χ3n) is 2.15. The molecule has 4 heteroatoms. The lowest BCUT2D eigenvalue weighted by Crippen LogP contribution is -2.09. The molecule has 82 valence electrons. The predicted molar refractivity (Wildman–Crippen MR) is 62.1 cm³/mol. The number of fused-ring (bicyclic) bond motifs is 1. The smallest absolute Gasteiger partial charge is 0.341 e. The van der Waals surface area contributed by atoms with Crippen LogP contribution in [0.3, 0.4) is 0 Å². The number of ether oxygens (including phenoxy) is 1. The zero-order valence-corrected chi connectivity index (χ0v) is 9.07. The molecule has 2 aromatic carbocycles. The number of hydrogen-bond acceptors (Lipinski definition) is 2. The lowest BCUT2D eigenvalue weighted by molar-refractivity contribution is -0.139. The summed E-state index contributed by atoms with van der Waals surface area (Å²) in [6, 6.07) is 11.2. The van der Waals surface area contributed by atoms with Crippen molar-refractivity contribution in [3.63, 3.8) is 0 Å². The van der Waals surface area contributed by atoms with Crippen LogP contribution in [-0.4, -0.2) is 17.7 Å². The van der Waals surface area contributed by atoms with E-state index in [0.717, 1.165) is 10.8 Å². The minimum atomic E-state index is -1.02. The fraction of sp³-hybridized carbons (Fsp3) is 0.0833. The average molecular weight is 237 g/mol. The topological polar surface area (TPSA) is 46.5 Å². The van der Waals surface area contributed by atoms with Gasteiger partial charge < -0.3 is 9.84 Å². The van der Waals surface area contributed by atoms with Crippen molar-refractivity contribution < 1.29 is 14.6 Å². The van der Waals surface area contributed by atoms with E-state index < -0.39 is 12.6 Å². The van der Waals surface area contributed by atoms with Crippen LogP contribution in [0.5, 0.6) is 5.75 Å². The van der Waals surface area contributed by atoms with Gasteiger partial charge in [0, 0.05) is 0 Å². The van der Waals surface area contributed by atoms with E-state index in [-0.39, 0.29) is 0 Å². The van der Waals surface area contributed by atoms with Gasteiger partial charge in [-0.2, -0.15) is 0 Å². The van der Waals surface area contributed by atoms with E-state index in [9.17, 15) is 4.79 Å². The maximum absolute atomic E-state index is 10.4. The van der Waals surface area contributed by atoms with Gasteiger partial charge >= 0.3 is 5.97 Å². The van der Waals surface area contributed by atoms with Gasteiger partial charge in [0.05, 0.1) is 5.02 Å². The molecule has 0 saturated carbocycles. The van der Waals surface area contributed by atoms with Gasteiger partial charge in [0.15, 0.2) is 6.61 Å². The SMILES string of the molecule is O=C(O)COc1cc2ccccc2cc1Cl. The van der Waals surface area contributed by atoms with Crippen LogP contribution in [0, 0.1) is 0 Å².